The van der Waals surface area contributed by atoms with E-state index in [4.69, 9.17) is 9.47 Å². The molecule has 2 N–H and O–H groups in total. The number of anilines is 2. The molecule has 0 unspecified atom stereocenters. The maximum absolute atomic E-state index is 12.8. The second-order valence-electron chi connectivity index (χ2n) is 6.71. The number of benzene rings is 3. The number of fused-ring (bicyclic) bond motifs is 1. The van der Waals surface area contributed by atoms with Crippen molar-refractivity contribution in [1.29, 1.82) is 0 Å². The van der Waals surface area contributed by atoms with E-state index < -0.39 is 10.0 Å². The number of ether oxygens (including phenoxy) is 2. The fraction of sp³-hybridized carbons (Fsp3) is 0.136. The molecule has 0 bridgehead atoms. The van der Waals surface area contributed by atoms with E-state index in [9.17, 15) is 13.2 Å². The number of sulfonamides is 1. The van der Waals surface area contributed by atoms with Crippen LogP contribution in [0.3, 0.4) is 0 Å². The highest BCUT2D eigenvalue weighted by Crippen LogP contribution is 2.34. The predicted octanol–water partition coefficient (Wildman–Crippen LogP) is 4.03. The van der Waals surface area contributed by atoms with Crippen LogP contribution in [-0.4, -0.2) is 21.1 Å². The molecule has 1 aliphatic heterocycles. The van der Waals surface area contributed by atoms with Crippen LogP contribution in [0.4, 0.5) is 11.4 Å². The fourth-order valence-electron chi connectivity index (χ4n) is 3.05. The molecular formula is C22H20N2O5S. The topological polar surface area (TPSA) is 93.7 Å². The third-order valence-electron chi connectivity index (χ3n) is 4.62. The van der Waals surface area contributed by atoms with Crippen LogP contribution in [0, 0.1) is 0 Å². The zero-order valence-electron chi connectivity index (χ0n) is 16.2. The number of rotatable bonds is 6. The van der Waals surface area contributed by atoms with Gasteiger partial charge in [0.05, 0.1) is 10.6 Å². The van der Waals surface area contributed by atoms with Gasteiger partial charge in [-0.2, -0.15) is 0 Å². The Morgan fingerprint density at radius 2 is 1.73 bits per heavy atom. The van der Waals surface area contributed by atoms with Gasteiger partial charge >= 0.3 is 0 Å². The van der Waals surface area contributed by atoms with E-state index in [1.807, 2.05) is 25.1 Å². The summed E-state index contributed by atoms with van der Waals surface area (Å²) in [6, 6.07) is 18.2. The minimum Gasteiger partial charge on any atom is -0.454 e. The lowest BCUT2D eigenvalue weighted by Gasteiger charge is -2.11. The van der Waals surface area contributed by atoms with Crippen LogP contribution in [0.2, 0.25) is 0 Å². The number of amides is 1. The third-order valence-corrected chi connectivity index (χ3v) is 6.00. The summed E-state index contributed by atoms with van der Waals surface area (Å²) in [6.45, 7) is 2.13. The van der Waals surface area contributed by atoms with Crippen molar-refractivity contribution in [2.24, 2.45) is 0 Å². The molecule has 8 heteroatoms. The van der Waals surface area contributed by atoms with Crippen LogP contribution in [-0.2, 0) is 16.4 Å². The number of carbonyl (C=O) groups is 1. The van der Waals surface area contributed by atoms with Crippen LogP contribution in [0.15, 0.2) is 71.6 Å². The van der Waals surface area contributed by atoms with Gasteiger partial charge in [0.1, 0.15) is 0 Å². The maximum atomic E-state index is 12.8. The molecule has 0 spiro atoms. The number of nitrogens with one attached hydrogen (secondary N) is 2. The molecule has 154 valence electrons. The number of carbonyl (C=O) groups excluding carboxylic acids is 1. The molecule has 3 aromatic rings. The Bertz CT molecular complexity index is 1210. The van der Waals surface area contributed by atoms with Gasteiger partial charge in [-0.05, 0) is 54.4 Å². The first-order valence-corrected chi connectivity index (χ1v) is 10.9. The van der Waals surface area contributed by atoms with Gasteiger partial charge < -0.3 is 14.8 Å². The summed E-state index contributed by atoms with van der Waals surface area (Å²) in [5.74, 6) is 0.643. The van der Waals surface area contributed by atoms with Crippen molar-refractivity contribution in [2.75, 3.05) is 16.8 Å². The molecule has 1 amide bonds. The van der Waals surface area contributed by atoms with Crippen LogP contribution < -0.4 is 19.5 Å². The van der Waals surface area contributed by atoms with Crippen molar-refractivity contribution in [3.8, 4) is 11.5 Å². The summed E-state index contributed by atoms with van der Waals surface area (Å²) in [5, 5.41) is 2.80. The number of hydrogen-bond acceptors (Lipinski definition) is 5. The average molecular weight is 424 g/mol. The van der Waals surface area contributed by atoms with Gasteiger partial charge in [-0.3, -0.25) is 9.52 Å². The molecule has 7 nitrogen and oxygen atoms in total. The first-order chi connectivity index (χ1) is 14.4. The fourth-order valence-corrected chi connectivity index (χ4v) is 4.15. The Kier molecular flexibility index (Phi) is 5.33. The van der Waals surface area contributed by atoms with Crippen LogP contribution >= 0.6 is 0 Å². The van der Waals surface area contributed by atoms with Gasteiger partial charge in [0.15, 0.2) is 11.5 Å². The van der Waals surface area contributed by atoms with Crippen LogP contribution in [0.1, 0.15) is 22.8 Å². The molecule has 30 heavy (non-hydrogen) atoms. The van der Waals surface area contributed by atoms with E-state index >= 15 is 0 Å². The van der Waals surface area contributed by atoms with Gasteiger partial charge in [0.25, 0.3) is 15.9 Å². The predicted molar refractivity (Wildman–Crippen MR) is 114 cm³/mol. The summed E-state index contributed by atoms with van der Waals surface area (Å²) in [6.07, 6.45) is 0.850. The highest BCUT2D eigenvalue weighted by molar-refractivity contribution is 7.92. The largest absolute Gasteiger partial charge is 0.454 e. The minimum absolute atomic E-state index is 0.0184. The average Bonchev–Trinajstić information content (AvgIpc) is 3.21. The first kappa shape index (κ1) is 19.8. The van der Waals surface area contributed by atoms with E-state index in [0.29, 0.717) is 22.9 Å². The molecule has 1 aliphatic rings. The molecule has 1 heterocycles. The Morgan fingerprint density at radius 1 is 0.933 bits per heavy atom. The molecule has 3 aromatic carbocycles. The van der Waals surface area contributed by atoms with Gasteiger partial charge in [-0.1, -0.05) is 25.1 Å². The second kappa shape index (κ2) is 8.08. The Morgan fingerprint density at radius 3 is 2.57 bits per heavy atom. The molecule has 4 rings (SSSR count). The molecule has 0 aromatic heterocycles. The lowest BCUT2D eigenvalue weighted by molar-refractivity contribution is 0.102. The first-order valence-electron chi connectivity index (χ1n) is 9.37. The van der Waals surface area contributed by atoms with Crippen molar-refractivity contribution in [2.45, 2.75) is 18.2 Å². The Balaban J connectivity index is 1.53. The second-order valence-corrected chi connectivity index (χ2v) is 8.39. The molecule has 0 saturated heterocycles. The maximum Gasteiger partial charge on any atom is 0.261 e. The van der Waals surface area contributed by atoms with Gasteiger partial charge in [0, 0.05) is 17.3 Å². The SMILES string of the molecule is CCc1cccc(NC(=O)c2cccc(S(=O)(=O)Nc3ccc4c(c3)OCO4)c2)c1. The molecule has 0 radical (unpaired) electrons. The zero-order chi connectivity index (χ0) is 21.1. The van der Waals surface area contributed by atoms with Crippen molar-refractivity contribution in [1.82, 2.24) is 0 Å². The van der Waals surface area contributed by atoms with Gasteiger partial charge in [-0.15, -0.1) is 0 Å². The van der Waals surface area contributed by atoms with Crippen molar-refractivity contribution in [3.63, 3.8) is 0 Å². The lowest BCUT2D eigenvalue weighted by Crippen LogP contribution is -2.16. The third kappa shape index (κ3) is 4.23. The molecule has 0 aliphatic carbocycles. The van der Waals surface area contributed by atoms with Crippen molar-refractivity contribution >= 4 is 27.3 Å². The summed E-state index contributed by atoms with van der Waals surface area (Å²) >= 11 is 0. The summed E-state index contributed by atoms with van der Waals surface area (Å²) in [5.41, 5.74) is 2.33. The summed E-state index contributed by atoms with van der Waals surface area (Å²) in [7, 11) is -3.90. The minimum atomic E-state index is -3.90. The molecule has 0 atom stereocenters. The van der Waals surface area contributed by atoms with E-state index in [1.165, 1.54) is 18.2 Å². The van der Waals surface area contributed by atoms with E-state index in [1.54, 1.807) is 30.3 Å². The van der Waals surface area contributed by atoms with Crippen molar-refractivity contribution in [3.05, 3.63) is 77.9 Å². The smallest absolute Gasteiger partial charge is 0.261 e. The number of aryl methyl sites for hydroxylation is 1. The van der Waals surface area contributed by atoms with Gasteiger partial charge in [-0.25, -0.2) is 8.42 Å². The van der Waals surface area contributed by atoms with Gasteiger partial charge in [0.2, 0.25) is 6.79 Å². The lowest BCUT2D eigenvalue weighted by atomic mass is 10.1. The summed E-state index contributed by atoms with van der Waals surface area (Å²) in [4.78, 5) is 12.6. The monoisotopic (exact) mass is 424 g/mol. The molecule has 0 saturated carbocycles. The summed E-state index contributed by atoms with van der Waals surface area (Å²) < 4.78 is 38.6. The highest BCUT2D eigenvalue weighted by atomic mass is 32.2. The number of hydrogen-bond donors (Lipinski definition) is 2. The standard InChI is InChI=1S/C22H20N2O5S/c1-2-15-5-3-7-17(11-15)23-22(25)16-6-4-8-19(12-16)30(26,27)24-18-9-10-20-21(13-18)29-14-28-20/h3-13,24H,2,14H2,1H3,(H,23,25). The van der Waals surface area contributed by atoms with E-state index in [2.05, 4.69) is 10.0 Å². The van der Waals surface area contributed by atoms with E-state index in [0.717, 1.165) is 12.0 Å². The normalized spacial score (nSPS) is 12.4. The van der Waals surface area contributed by atoms with Crippen LogP contribution in [0.25, 0.3) is 0 Å². The quantitative estimate of drug-likeness (QED) is 0.623. The Hall–Kier alpha value is -3.52. The zero-order valence-corrected chi connectivity index (χ0v) is 17.0. The highest BCUT2D eigenvalue weighted by Gasteiger charge is 2.19. The van der Waals surface area contributed by atoms with Crippen molar-refractivity contribution < 1.29 is 22.7 Å². The van der Waals surface area contributed by atoms with E-state index in [-0.39, 0.29) is 23.2 Å². The Labute approximate surface area is 174 Å². The molecular weight excluding hydrogens is 404 g/mol. The molecule has 0 fully saturated rings. The van der Waals surface area contributed by atoms with Crippen LogP contribution in [0.5, 0.6) is 11.5 Å².